The maximum Gasteiger partial charge on any atom is 0.257 e. The summed E-state index contributed by atoms with van der Waals surface area (Å²) in [6.45, 7) is 2.34. The molecule has 1 N–H and O–H groups in total. The SMILES string of the molecule is Cc1ccc(NC(=O)c2cccnc2)cc1N1CCCCS1(=O)=O. The standard InChI is InChI=1S/C17H19N3O3S/c1-13-6-7-15(19-17(21)14-5-4-8-18-12-14)11-16(13)20-9-2-3-10-24(20,22)23/h4-8,11-12H,2-3,9-10H2,1H3,(H,19,21). The second kappa shape index (κ2) is 6.60. The number of nitrogens with zero attached hydrogens (tertiary/aromatic N) is 2. The number of rotatable bonds is 3. The average molecular weight is 345 g/mol. The molecule has 2 aromatic rings. The Hall–Kier alpha value is -2.41. The van der Waals surface area contributed by atoms with Gasteiger partial charge in [0.2, 0.25) is 10.0 Å². The van der Waals surface area contributed by atoms with Crippen molar-refractivity contribution >= 4 is 27.3 Å². The van der Waals surface area contributed by atoms with E-state index >= 15 is 0 Å². The molecule has 0 radical (unpaired) electrons. The lowest BCUT2D eigenvalue weighted by atomic mass is 10.1. The van der Waals surface area contributed by atoms with E-state index in [1.165, 1.54) is 10.5 Å². The van der Waals surface area contributed by atoms with Crippen molar-refractivity contribution in [1.82, 2.24) is 4.98 Å². The van der Waals surface area contributed by atoms with Crippen LogP contribution >= 0.6 is 0 Å². The molecular weight excluding hydrogens is 326 g/mol. The lowest BCUT2D eigenvalue weighted by molar-refractivity contribution is 0.102. The third kappa shape index (κ3) is 3.41. The molecule has 1 aliphatic heterocycles. The zero-order valence-electron chi connectivity index (χ0n) is 13.4. The number of nitrogens with one attached hydrogen (secondary N) is 1. The van der Waals surface area contributed by atoms with Gasteiger partial charge in [0.05, 0.1) is 17.0 Å². The number of hydrogen-bond acceptors (Lipinski definition) is 4. The van der Waals surface area contributed by atoms with Crippen LogP contribution in [0.3, 0.4) is 0 Å². The molecule has 126 valence electrons. The highest BCUT2D eigenvalue weighted by Crippen LogP contribution is 2.29. The first-order valence-corrected chi connectivity index (χ1v) is 9.41. The van der Waals surface area contributed by atoms with Gasteiger partial charge in [0.1, 0.15) is 0 Å². The van der Waals surface area contributed by atoms with Crippen LogP contribution in [0.2, 0.25) is 0 Å². The molecule has 1 aromatic carbocycles. The minimum Gasteiger partial charge on any atom is -0.322 e. The van der Waals surface area contributed by atoms with Gasteiger partial charge in [-0.2, -0.15) is 0 Å². The van der Waals surface area contributed by atoms with E-state index in [0.717, 1.165) is 12.0 Å². The van der Waals surface area contributed by atoms with E-state index in [1.54, 1.807) is 30.5 Å². The van der Waals surface area contributed by atoms with Crippen molar-refractivity contribution in [2.75, 3.05) is 21.9 Å². The Kier molecular flexibility index (Phi) is 4.53. The summed E-state index contributed by atoms with van der Waals surface area (Å²) in [4.78, 5) is 16.2. The fourth-order valence-electron chi connectivity index (χ4n) is 2.72. The van der Waals surface area contributed by atoms with Gasteiger partial charge in [0, 0.05) is 24.6 Å². The van der Waals surface area contributed by atoms with Gasteiger partial charge < -0.3 is 5.32 Å². The molecule has 0 aliphatic carbocycles. The molecule has 0 spiro atoms. The van der Waals surface area contributed by atoms with Crippen molar-refractivity contribution in [3.63, 3.8) is 0 Å². The van der Waals surface area contributed by atoms with Crippen LogP contribution in [0.5, 0.6) is 0 Å². The van der Waals surface area contributed by atoms with Crippen LogP contribution in [-0.4, -0.2) is 31.6 Å². The van der Waals surface area contributed by atoms with Gasteiger partial charge >= 0.3 is 0 Å². The van der Waals surface area contributed by atoms with Gasteiger partial charge in [-0.1, -0.05) is 6.07 Å². The molecule has 24 heavy (non-hydrogen) atoms. The Balaban J connectivity index is 1.88. The molecule has 1 saturated heterocycles. The number of benzene rings is 1. The van der Waals surface area contributed by atoms with Crippen molar-refractivity contribution in [2.45, 2.75) is 19.8 Å². The second-order valence-electron chi connectivity index (χ2n) is 5.79. The van der Waals surface area contributed by atoms with Crippen LogP contribution in [0.25, 0.3) is 0 Å². The van der Waals surface area contributed by atoms with Crippen LogP contribution < -0.4 is 9.62 Å². The number of hydrogen-bond donors (Lipinski definition) is 1. The van der Waals surface area contributed by atoms with E-state index in [1.807, 2.05) is 13.0 Å². The van der Waals surface area contributed by atoms with Crippen molar-refractivity contribution in [3.8, 4) is 0 Å². The van der Waals surface area contributed by atoms with Crippen molar-refractivity contribution in [2.24, 2.45) is 0 Å². The third-order valence-corrected chi connectivity index (χ3v) is 5.86. The molecule has 0 bridgehead atoms. The largest absolute Gasteiger partial charge is 0.322 e. The fraction of sp³-hybridized carbons (Fsp3) is 0.294. The molecule has 1 aromatic heterocycles. The first kappa shape index (κ1) is 16.4. The zero-order valence-corrected chi connectivity index (χ0v) is 14.2. The normalized spacial score (nSPS) is 16.6. The molecule has 0 unspecified atom stereocenters. The van der Waals surface area contributed by atoms with Crippen LogP contribution in [0.1, 0.15) is 28.8 Å². The number of aromatic nitrogens is 1. The van der Waals surface area contributed by atoms with Gasteiger partial charge in [0.25, 0.3) is 5.91 Å². The van der Waals surface area contributed by atoms with Gasteiger partial charge in [-0.3, -0.25) is 14.1 Å². The Morgan fingerprint density at radius 3 is 2.79 bits per heavy atom. The zero-order chi connectivity index (χ0) is 17.2. The van der Waals surface area contributed by atoms with Crippen LogP contribution in [0.15, 0.2) is 42.7 Å². The molecule has 1 amide bonds. The van der Waals surface area contributed by atoms with Crippen LogP contribution in [-0.2, 0) is 10.0 Å². The topological polar surface area (TPSA) is 79.4 Å². The summed E-state index contributed by atoms with van der Waals surface area (Å²) in [5, 5.41) is 2.79. The molecule has 2 heterocycles. The van der Waals surface area contributed by atoms with E-state index < -0.39 is 10.0 Å². The highest BCUT2D eigenvalue weighted by Gasteiger charge is 2.27. The highest BCUT2D eigenvalue weighted by molar-refractivity contribution is 7.92. The Morgan fingerprint density at radius 1 is 1.25 bits per heavy atom. The van der Waals surface area contributed by atoms with Gasteiger partial charge in [-0.15, -0.1) is 0 Å². The number of carbonyl (C=O) groups is 1. The fourth-order valence-corrected chi connectivity index (χ4v) is 4.41. The highest BCUT2D eigenvalue weighted by atomic mass is 32.2. The smallest absolute Gasteiger partial charge is 0.257 e. The number of amides is 1. The molecule has 3 rings (SSSR count). The number of aryl methyl sites for hydroxylation is 1. The predicted octanol–water partition coefficient (Wildman–Crippen LogP) is 2.57. The van der Waals surface area contributed by atoms with Gasteiger partial charge in [0.15, 0.2) is 0 Å². The summed E-state index contributed by atoms with van der Waals surface area (Å²) >= 11 is 0. The van der Waals surface area contributed by atoms with Crippen molar-refractivity contribution in [1.29, 1.82) is 0 Å². The van der Waals surface area contributed by atoms with Crippen molar-refractivity contribution < 1.29 is 13.2 Å². The molecule has 1 fully saturated rings. The second-order valence-corrected chi connectivity index (χ2v) is 7.81. The summed E-state index contributed by atoms with van der Waals surface area (Å²) < 4.78 is 26.1. The van der Waals surface area contributed by atoms with E-state index in [0.29, 0.717) is 29.9 Å². The summed E-state index contributed by atoms with van der Waals surface area (Å²) in [6, 6.07) is 8.66. The van der Waals surface area contributed by atoms with E-state index in [2.05, 4.69) is 10.3 Å². The van der Waals surface area contributed by atoms with E-state index in [-0.39, 0.29) is 11.7 Å². The molecule has 7 heteroatoms. The summed E-state index contributed by atoms with van der Waals surface area (Å²) in [5.74, 6) is -0.113. The number of carbonyl (C=O) groups excluding carboxylic acids is 1. The van der Waals surface area contributed by atoms with E-state index in [4.69, 9.17) is 0 Å². The van der Waals surface area contributed by atoms with E-state index in [9.17, 15) is 13.2 Å². The molecule has 0 saturated carbocycles. The maximum atomic E-state index is 12.3. The summed E-state index contributed by atoms with van der Waals surface area (Å²) in [5.41, 5.74) is 2.49. The lowest BCUT2D eigenvalue weighted by Crippen LogP contribution is -2.38. The summed E-state index contributed by atoms with van der Waals surface area (Å²) in [6.07, 6.45) is 4.61. The third-order valence-electron chi connectivity index (χ3n) is 4.01. The van der Waals surface area contributed by atoms with Gasteiger partial charge in [-0.05, 0) is 49.6 Å². The Labute approximate surface area is 141 Å². The lowest BCUT2D eigenvalue weighted by Gasteiger charge is -2.29. The first-order chi connectivity index (χ1) is 11.5. The number of sulfonamides is 1. The molecular formula is C17H19N3O3S. The quantitative estimate of drug-likeness (QED) is 0.927. The minimum atomic E-state index is -3.29. The first-order valence-electron chi connectivity index (χ1n) is 7.80. The number of pyridine rings is 1. The molecule has 1 aliphatic rings. The Morgan fingerprint density at radius 2 is 2.08 bits per heavy atom. The minimum absolute atomic E-state index is 0.165. The monoisotopic (exact) mass is 345 g/mol. The number of anilines is 2. The molecule has 0 atom stereocenters. The summed E-state index contributed by atoms with van der Waals surface area (Å²) in [7, 11) is -3.29. The Bertz CT molecular complexity index is 851. The predicted molar refractivity (Wildman–Crippen MR) is 93.7 cm³/mol. The van der Waals surface area contributed by atoms with Crippen LogP contribution in [0.4, 0.5) is 11.4 Å². The average Bonchev–Trinajstić information content (AvgIpc) is 2.57. The van der Waals surface area contributed by atoms with Gasteiger partial charge in [-0.25, -0.2) is 8.42 Å². The maximum absolute atomic E-state index is 12.3. The molecule has 6 nitrogen and oxygen atoms in total. The van der Waals surface area contributed by atoms with Crippen molar-refractivity contribution in [3.05, 3.63) is 53.9 Å². The van der Waals surface area contributed by atoms with Crippen LogP contribution in [0, 0.1) is 6.92 Å².